The first kappa shape index (κ1) is 14.2. The number of hydrogen-bond acceptors (Lipinski definition) is 2. The molecule has 0 aromatic heterocycles. The van der Waals surface area contributed by atoms with Gasteiger partial charge in [-0.2, -0.15) is 0 Å². The SMILES string of the molecule is C#C[C@H]1C[C@@]2(C)C(CC[C@@H]2O)C2CCc3cc(O)ccc3C21. The van der Waals surface area contributed by atoms with E-state index in [1.807, 2.05) is 6.07 Å². The van der Waals surface area contributed by atoms with Crippen LogP contribution in [0, 0.1) is 35.5 Å². The number of aliphatic hydroxyl groups is 1. The molecule has 1 aromatic rings. The lowest BCUT2D eigenvalue weighted by Crippen LogP contribution is -2.47. The van der Waals surface area contributed by atoms with Crippen LogP contribution in [-0.4, -0.2) is 16.3 Å². The highest BCUT2D eigenvalue weighted by atomic mass is 16.3. The Morgan fingerprint density at radius 1 is 1.27 bits per heavy atom. The van der Waals surface area contributed by atoms with Crippen molar-refractivity contribution in [3.8, 4) is 18.1 Å². The Bertz CT molecular complexity index is 644. The average molecular weight is 296 g/mol. The van der Waals surface area contributed by atoms with Gasteiger partial charge in [-0.25, -0.2) is 0 Å². The molecule has 3 aliphatic rings. The Morgan fingerprint density at radius 3 is 2.86 bits per heavy atom. The summed E-state index contributed by atoms with van der Waals surface area (Å²) in [6.45, 7) is 2.25. The monoisotopic (exact) mass is 296 g/mol. The first-order valence-electron chi connectivity index (χ1n) is 8.50. The van der Waals surface area contributed by atoms with Gasteiger partial charge in [0, 0.05) is 11.8 Å². The molecule has 2 heteroatoms. The Kier molecular flexibility index (Phi) is 3.07. The zero-order chi connectivity index (χ0) is 15.5. The van der Waals surface area contributed by atoms with Crippen LogP contribution in [-0.2, 0) is 6.42 Å². The fraction of sp³-hybridized carbons (Fsp3) is 0.600. The van der Waals surface area contributed by atoms with Crippen molar-refractivity contribution in [3.05, 3.63) is 29.3 Å². The van der Waals surface area contributed by atoms with Crippen LogP contribution in [0.4, 0.5) is 0 Å². The van der Waals surface area contributed by atoms with Gasteiger partial charge in [0.05, 0.1) is 6.10 Å². The molecule has 3 unspecified atom stereocenters. The molecule has 0 radical (unpaired) electrons. The van der Waals surface area contributed by atoms with Gasteiger partial charge in [-0.3, -0.25) is 0 Å². The molecule has 2 nitrogen and oxygen atoms in total. The molecule has 2 saturated carbocycles. The number of phenols is 1. The zero-order valence-corrected chi connectivity index (χ0v) is 13.1. The van der Waals surface area contributed by atoms with Crippen molar-refractivity contribution < 1.29 is 10.2 Å². The van der Waals surface area contributed by atoms with E-state index in [9.17, 15) is 10.2 Å². The Labute approximate surface area is 132 Å². The van der Waals surface area contributed by atoms with Crippen molar-refractivity contribution in [2.24, 2.45) is 23.2 Å². The zero-order valence-electron chi connectivity index (χ0n) is 13.1. The Hall–Kier alpha value is -1.46. The van der Waals surface area contributed by atoms with Gasteiger partial charge in [0.25, 0.3) is 0 Å². The molecular formula is C20H24O2. The van der Waals surface area contributed by atoms with Crippen molar-refractivity contribution in [1.82, 2.24) is 0 Å². The summed E-state index contributed by atoms with van der Waals surface area (Å²) < 4.78 is 0. The third-order valence-electron chi connectivity index (χ3n) is 6.88. The van der Waals surface area contributed by atoms with E-state index in [0.717, 1.165) is 32.1 Å². The number of benzene rings is 1. The van der Waals surface area contributed by atoms with E-state index in [2.05, 4.69) is 18.9 Å². The topological polar surface area (TPSA) is 40.5 Å². The average Bonchev–Trinajstić information content (AvgIpc) is 2.81. The van der Waals surface area contributed by atoms with Gasteiger partial charge >= 0.3 is 0 Å². The molecule has 116 valence electrons. The summed E-state index contributed by atoms with van der Waals surface area (Å²) in [7, 11) is 0. The van der Waals surface area contributed by atoms with E-state index in [-0.39, 0.29) is 17.4 Å². The standard InChI is InChI=1S/C20H24O2/c1-3-12-11-20(2)17(8-9-18(20)22)16-6-4-13-10-14(21)5-7-15(13)19(12)16/h1,5,7,10,12,16-19,21-22H,4,6,8-9,11H2,2H3/t12-,16?,17?,18-,19?,20-/m0/s1. The molecule has 0 amide bonds. The molecule has 2 fully saturated rings. The molecule has 4 rings (SSSR count). The highest BCUT2D eigenvalue weighted by Gasteiger charge is 2.57. The second kappa shape index (κ2) is 4.77. The number of fused-ring (bicyclic) bond motifs is 5. The Balaban J connectivity index is 1.80. The second-order valence-electron chi connectivity index (χ2n) is 7.79. The van der Waals surface area contributed by atoms with Crippen LogP contribution >= 0.6 is 0 Å². The van der Waals surface area contributed by atoms with Crippen molar-refractivity contribution >= 4 is 0 Å². The molecule has 6 atom stereocenters. The van der Waals surface area contributed by atoms with Crippen LogP contribution in [0.2, 0.25) is 0 Å². The van der Waals surface area contributed by atoms with Crippen LogP contribution in [0.1, 0.15) is 49.7 Å². The van der Waals surface area contributed by atoms with E-state index in [1.54, 1.807) is 6.07 Å². The molecule has 0 saturated heterocycles. The highest BCUT2D eigenvalue weighted by Crippen LogP contribution is 2.62. The normalized spacial score (nSPS) is 42.9. The summed E-state index contributed by atoms with van der Waals surface area (Å²) in [6.07, 6.45) is 10.8. The highest BCUT2D eigenvalue weighted by molar-refractivity contribution is 5.41. The summed E-state index contributed by atoms with van der Waals surface area (Å²) in [5.41, 5.74) is 2.61. The van der Waals surface area contributed by atoms with Gasteiger partial charge in [-0.15, -0.1) is 12.3 Å². The molecule has 1 aromatic carbocycles. The van der Waals surface area contributed by atoms with E-state index >= 15 is 0 Å². The van der Waals surface area contributed by atoms with Crippen molar-refractivity contribution in [1.29, 1.82) is 0 Å². The number of rotatable bonds is 0. The third-order valence-corrected chi connectivity index (χ3v) is 6.88. The molecule has 0 aliphatic heterocycles. The minimum absolute atomic E-state index is 0.00732. The summed E-state index contributed by atoms with van der Waals surface area (Å²) in [4.78, 5) is 0. The lowest BCUT2D eigenvalue weighted by Gasteiger charge is -2.52. The fourth-order valence-electron chi connectivity index (χ4n) is 5.83. The molecule has 0 spiro atoms. The van der Waals surface area contributed by atoms with Crippen molar-refractivity contribution in [2.75, 3.05) is 0 Å². The summed E-state index contributed by atoms with van der Waals surface area (Å²) >= 11 is 0. The van der Waals surface area contributed by atoms with Crippen LogP contribution < -0.4 is 0 Å². The maximum Gasteiger partial charge on any atom is 0.115 e. The molecule has 0 heterocycles. The molecule has 3 aliphatic carbocycles. The molecule has 2 N–H and O–H groups in total. The third kappa shape index (κ3) is 1.78. The lowest BCUT2D eigenvalue weighted by atomic mass is 9.52. The van der Waals surface area contributed by atoms with Crippen molar-refractivity contribution in [3.63, 3.8) is 0 Å². The first-order chi connectivity index (χ1) is 10.5. The maximum atomic E-state index is 10.5. The maximum absolute atomic E-state index is 10.5. The molecular weight excluding hydrogens is 272 g/mol. The number of phenolic OH excluding ortho intramolecular Hbond substituents is 1. The number of aryl methyl sites for hydroxylation is 1. The van der Waals surface area contributed by atoms with Crippen LogP contribution in [0.15, 0.2) is 18.2 Å². The van der Waals surface area contributed by atoms with E-state index in [4.69, 9.17) is 6.42 Å². The minimum atomic E-state index is -0.199. The predicted molar refractivity (Wildman–Crippen MR) is 86.4 cm³/mol. The minimum Gasteiger partial charge on any atom is -0.508 e. The van der Waals surface area contributed by atoms with Crippen LogP contribution in [0.3, 0.4) is 0 Å². The summed E-state index contributed by atoms with van der Waals surface area (Å²) in [6, 6.07) is 5.79. The number of terminal acetylenes is 1. The quantitative estimate of drug-likeness (QED) is 0.720. The van der Waals surface area contributed by atoms with E-state index in [1.165, 1.54) is 11.1 Å². The van der Waals surface area contributed by atoms with Gasteiger partial charge in [0.2, 0.25) is 0 Å². The number of aromatic hydroxyl groups is 1. The summed E-state index contributed by atoms with van der Waals surface area (Å²) in [5, 5.41) is 20.3. The Morgan fingerprint density at radius 2 is 2.09 bits per heavy atom. The molecule has 22 heavy (non-hydrogen) atoms. The number of hydrogen-bond donors (Lipinski definition) is 2. The second-order valence-corrected chi connectivity index (χ2v) is 7.79. The van der Waals surface area contributed by atoms with E-state index in [0.29, 0.717) is 23.5 Å². The van der Waals surface area contributed by atoms with Crippen LogP contribution in [0.5, 0.6) is 5.75 Å². The van der Waals surface area contributed by atoms with E-state index < -0.39 is 0 Å². The smallest absolute Gasteiger partial charge is 0.115 e. The number of aliphatic hydroxyl groups excluding tert-OH is 1. The van der Waals surface area contributed by atoms with Crippen molar-refractivity contribution in [2.45, 2.75) is 51.0 Å². The van der Waals surface area contributed by atoms with Gasteiger partial charge in [-0.1, -0.05) is 13.0 Å². The fourth-order valence-corrected chi connectivity index (χ4v) is 5.83. The van der Waals surface area contributed by atoms with Gasteiger partial charge < -0.3 is 10.2 Å². The summed E-state index contributed by atoms with van der Waals surface area (Å²) in [5.74, 6) is 5.15. The lowest BCUT2D eigenvalue weighted by molar-refractivity contribution is -0.0366. The first-order valence-corrected chi connectivity index (χ1v) is 8.50. The van der Waals surface area contributed by atoms with Crippen LogP contribution in [0.25, 0.3) is 0 Å². The predicted octanol–water partition coefficient (Wildman–Crippen LogP) is 3.47. The largest absolute Gasteiger partial charge is 0.508 e. The van der Waals surface area contributed by atoms with Gasteiger partial charge in [0.1, 0.15) is 5.75 Å². The molecule has 0 bridgehead atoms. The van der Waals surface area contributed by atoms with Gasteiger partial charge in [-0.05, 0) is 72.6 Å². The van der Waals surface area contributed by atoms with Gasteiger partial charge in [0.15, 0.2) is 0 Å².